The van der Waals surface area contributed by atoms with Crippen molar-refractivity contribution < 1.29 is 14.3 Å². The maximum atomic E-state index is 14.5. The topological polar surface area (TPSA) is 158 Å². The zero-order valence-corrected chi connectivity index (χ0v) is 26.8. The van der Waals surface area contributed by atoms with Crippen LogP contribution in [-0.2, 0) is 4.79 Å². The molecule has 0 saturated heterocycles. The van der Waals surface area contributed by atoms with Crippen LogP contribution in [0.5, 0.6) is 5.75 Å². The van der Waals surface area contributed by atoms with Gasteiger partial charge in [-0.25, -0.2) is 0 Å². The van der Waals surface area contributed by atoms with Gasteiger partial charge in [0.1, 0.15) is 23.0 Å². The van der Waals surface area contributed by atoms with Gasteiger partial charge in [0, 0.05) is 17.3 Å². The fourth-order valence-electron chi connectivity index (χ4n) is 6.26. The molecular formula is C33H46N8O3. The molecule has 1 unspecified atom stereocenters. The van der Waals surface area contributed by atoms with Gasteiger partial charge in [-0.15, -0.1) is 5.10 Å². The first kappa shape index (κ1) is 32.8. The predicted molar refractivity (Wildman–Crippen MR) is 171 cm³/mol. The van der Waals surface area contributed by atoms with Crippen molar-refractivity contribution in [3.8, 4) is 5.75 Å². The molecule has 1 aliphatic carbocycles. The van der Waals surface area contributed by atoms with Gasteiger partial charge in [-0.05, 0) is 79.5 Å². The summed E-state index contributed by atoms with van der Waals surface area (Å²) >= 11 is 0. The zero-order valence-electron chi connectivity index (χ0n) is 26.8. The molecule has 2 amide bonds. The second-order valence-corrected chi connectivity index (χ2v) is 13.4. The number of amides is 2. The number of amidine groups is 1. The number of methoxy groups -OCH3 is 1. The summed E-state index contributed by atoms with van der Waals surface area (Å²) < 4.78 is 5.42. The van der Waals surface area contributed by atoms with E-state index < -0.39 is 5.66 Å². The zero-order chi connectivity index (χ0) is 32.1. The van der Waals surface area contributed by atoms with Crippen LogP contribution < -0.4 is 15.8 Å². The number of hydrogen-bond acceptors (Lipinski definition) is 7. The number of nitrogens with zero attached hydrogens (tertiary/aromatic N) is 5. The molecule has 2 aliphatic rings. The Morgan fingerprint density at radius 1 is 1.20 bits per heavy atom. The second kappa shape index (κ2) is 13.7. The molecule has 44 heavy (non-hydrogen) atoms. The van der Waals surface area contributed by atoms with Crippen LogP contribution in [0.3, 0.4) is 0 Å². The van der Waals surface area contributed by atoms with Crippen LogP contribution in [-0.4, -0.2) is 52.6 Å². The Morgan fingerprint density at radius 3 is 2.48 bits per heavy atom. The fraction of sp³-hybridized carbons (Fsp3) is 0.545. The monoisotopic (exact) mass is 602 g/mol. The summed E-state index contributed by atoms with van der Waals surface area (Å²) in [5.74, 6) is 1.37. The van der Waals surface area contributed by atoms with Crippen molar-refractivity contribution >= 4 is 23.4 Å². The van der Waals surface area contributed by atoms with Crippen molar-refractivity contribution in [3.63, 3.8) is 0 Å². The minimum Gasteiger partial charge on any atom is -0.495 e. The van der Waals surface area contributed by atoms with E-state index in [-0.39, 0.29) is 35.7 Å². The molecule has 1 saturated carbocycles. The number of aliphatic imine (C=N–C) groups is 1. The van der Waals surface area contributed by atoms with Crippen LogP contribution in [0.4, 0.5) is 0 Å². The van der Waals surface area contributed by atoms with Gasteiger partial charge in [0.15, 0.2) is 0 Å². The number of carbonyl (C=O) groups is 2. The largest absolute Gasteiger partial charge is 0.495 e. The van der Waals surface area contributed by atoms with Crippen LogP contribution in [0, 0.1) is 22.8 Å². The van der Waals surface area contributed by atoms with Gasteiger partial charge in [0.05, 0.1) is 25.9 Å². The molecule has 1 spiro atoms. The average Bonchev–Trinajstić information content (AvgIpc) is 3.27. The number of nitrogens with two attached hydrogens (primary N) is 1. The SMILES string of the molecule is COc1cncc(C2=NC3(CCC(C(C)C)CC3)N(C(CCC(C)(C)C)c3ccc(C(=O)NCC(N)=NN=N)cc3)C2=O)c1. The average molecular weight is 603 g/mol. The molecule has 4 N–H and O–H groups in total. The van der Waals surface area contributed by atoms with Gasteiger partial charge < -0.3 is 20.7 Å². The summed E-state index contributed by atoms with van der Waals surface area (Å²) in [6.45, 7) is 11.1. The lowest BCUT2D eigenvalue weighted by molar-refractivity contribution is -0.133. The van der Waals surface area contributed by atoms with E-state index in [1.54, 1.807) is 31.6 Å². The molecule has 1 atom stereocenters. The highest BCUT2D eigenvalue weighted by molar-refractivity contribution is 6.46. The smallest absolute Gasteiger partial charge is 0.275 e. The van der Waals surface area contributed by atoms with Crippen molar-refractivity contribution in [2.24, 2.45) is 38.3 Å². The summed E-state index contributed by atoms with van der Waals surface area (Å²) in [5.41, 5.74) is 14.3. The molecule has 11 heteroatoms. The van der Waals surface area contributed by atoms with E-state index in [4.69, 9.17) is 21.0 Å². The van der Waals surface area contributed by atoms with Crippen LogP contribution in [0.2, 0.25) is 0 Å². The number of aromatic nitrogens is 1. The van der Waals surface area contributed by atoms with Crippen molar-refractivity contribution in [2.45, 2.75) is 84.8 Å². The summed E-state index contributed by atoms with van der Waals surface area (Å²) in [6.07, 6.45) is 8.54. The summed E-state index contributed by atoms with van der Waals surface area (Å²) in [4.78, 5) is 38.9. The van der Waals surface area contributed by atoms with Crippen molar-refractivity contribution in [3.05, 3.63) is 59.4 Å². The van der Waals surface area contributed by atoms with E-state index in [0.717, 1.165) is 44.1 Å². The molecule has 1 aromatic heterocycles. The number of ether oxygens (including phenoxy) is 1. The minimum absolute atomic E-state index is 0.0153. The third-order valence-corrected chi connectivity index (χ3v) is 8.83. The Bertz CT molecular complexity index is 1400. The first-order valence-corrected chi connectivity index (χ1v) is 15.4. The van der Waals surface area contributed by atoms with Crippen LogP contribution >= 0.6 is 0 Å². The lowest BCUT2D eigenvalue weighted by atomic mass is 9.75. The van der Waals surface area contributed by atoms with E-state index in [1.807, 2.05) is 23.1 Å². The van der Waals surface area contributed by atoms with Crippen LogP contribution in [0.25, 0.3) is 0 Å². The van der Waals surface area contributed by atoms with E-state index in [9.17, 15) is 9.59 Å². The maximum absolute atomic E-state index is 14.5. The molecule has 2 heterocycles. The molecular weight excluding hydrogens is 556 g/mol. The van der Waals surface area contributed by atoms with Gasteiger partial charge >= 0.3 is 0 Å². The Labute approximate surface area is 260 Å². The molecule has 4 rings (SSSR count). The Balaban J connectivity index is 1.72. The summed E-state index contributed by atoms with van der Waals surface area (Å²) in [5, 5.41) is 9.01. The summed E-state index contributed by atoms with van der Waals surface area (Å²) in [7, 11) is 1.59. The first-order chi connectivity index (χ1) is 20.9. The number of carbonyl (C=O) groups excluding carboxylic acids is 2. The highest BCUT2D eigenvalue weighted by Crippen LogP contribution is 2.48. The van der Waals surface area contributed by atoms with Gasteiger partial charge in [0.25, 0.3) is 11.8 Å². The van der Waals surface area contributed by atoms with Crippen molar-refractivity contribution in [1.82, 2.24) is 15.2 Å². The number of pyridine rings is 1. The number of benzene rings is 1. The predicted octanol–water partition coefficient (Wildman–Crippen LogP) is 5.86. The maximum Gasteiger partial charge on any atom is 0.275 e. The third kappa shape index (κ3) is 7.49. The Hall–Kier alpha value is -4.15. The van der Waals surface area contributed by atoms with Crippen LogP contribution in [0.1, 0.15) is 101 Å². The molecule has 0 bridgehead atoms. The third-order valence-electron chi connectivity index (χ3n) is 8.83. The van der Waals surface area contributed by atoms with E-state index >= 15 is 0 Å². The number of rotatable bonds is 11. The fourth-order valence-corrected chi connectivity index (χ4v) is 6.26. The number of hydrogen-bond donors (Lipinski definition) is 3. The van der Waals surface area contributed by atoms with Crippen molar-refractivity contribution in [2.75, 3.05) is 13.7 Å². The number of nitrogens with one attached hydrogen (secondary N) is 2. The molecule has 2 aromatic rings. The second-order valence-electron chi connectivity index (χ2n) is 13.4. The molecule has 1 aliphatic heterocycles. The molecule has 1 aromatic carbocycles. The normalized spacial score (nSPS) is 21.4. The van der Waals surface area contributed by atoms with E-state index in [1.165, 1.54) is 0 Å². The molecule has 236 valence electrons. The molecule has 0 radical (unpaired) electrons. The van der Waals surface area contributed by atoms with Crippen molar-refractivity contribution in [1.29, 1.82) is 5.53 Å². The summed E-state index contributed by atoms with van der Waals surface area (Å²) in [6, 6.07) is 9.00. The van der Waals surface area contributed by atoms with Gasteiger partial charge in [-0.3, -0.25) is 19.6 Å². The molecule has 11 nitrogen and oxygen atoms in total. The highest BCUT2D eigenvalue weighted by Gasteiger charge is 2.52. The Morgan fingerprint density at radius 2 is 1.89 bits per heavy atom. The van der Waals surface area contributed by atoms with Gasteiger partial charge in [-0.2, -0.15) is 5.53 Å². The van der Waals surface area contributed by atoms with E-state index in [2.05, 4.69) is 55.2 Å². The van der Waals surface area contributed by atoms with Gasteiger partial charge in [0.2, 0.25) is 0 Å². The van der Waals surface area contributed by atoms with Crippen LogP contribution in [0.15, 0.2) is 58.0 Å². The first-order valence-electron chi connectivity index (χ1n) is 15.4. The Kier molecular flexibility index (Phi) is 10.2. The highest BCUT2D eigenvalue weighted by atomic mass is 16.5. The molecule has 1 fully saturated rings. The minimum atomic E-state index is -0.654. The lowest BCUT2D eigenvalue weighted by Crippen LogP contribution is -2.51. The lowest BCUT2D eigenvalue weighted by Gasteiger charge is -2.46. The standard InChI is InChI=1S/C33H46N8O3/c1-21(2)22-11-15-33(16-12-22)38-29(25-17-26(44-6)19-36-18-25)31(43)41(33)27(13-14-32(3,4)5)23-7-9-24(10-8-23)30(42)37-20-28(34)39-40-35/h7-10,17-19,21-22,27H,11-16,20H2,1-6H3,(H,37,42)(H3,34,35,39). The van der Waals surface area contributed by atoms with E-state index in [0.29, 0.717) is 34.4 Å². The quantitative estimate of drug-likeness (QED) is 0.127. The van der Waals surface area contributed by atoms with Gasteiger partial charge in [-0.1, -0.05) is 52.0 Å².